The van der Waals surface area contributed by atoms with E-state index in [1.54, 1.807) is 6.92 Å². The van der Waals surface area contributed by atoms with Crippen LogP contribution in [0.3, 0.4) is 0 Å². The summed E-state index contributed by atoms with van der Waals surface area (Å²) in [5.41, 5.74) is 0.840. The third kappa shape index (κ3) is 3.06. The Hall–Kier alpha value is -2.22. The number of hydrogen-bond donors (Lipinski definition) is 1. The molecule has 1 aliphatic rings. The van der Waals surface area contributed by atoms with Gasteiger partial charge in [0, 0.05) is 26.1 Å². The summed E-state index contributed by atoms with van der Waals surface area (Å²) in [5, 5.41) is 3.74. The number of esters is 1. The Morgan fingerprint density at radius 3 is 2.88 bits per heavy atom. The molecule has 0 unspecified atom stereocenters. The number of hydrogen-bond acceptors (Lipinski definition) is 7. The number of aromatic nitrogens is 2. The lowest BCUT2D eigenvalue weighted by atomic mass is 10.2. The van der Waals surface area contributed by atoms with Gasteiger partial charge < -0.3 is 15.0 Å². The van der Waals surface area contributed by atoms with E-state index in [0.29, 0.717) is 43.4 Å². The first-order chi connectivity index (χ1) is 11.5. The number of fused-ring (bicyclic) bond motifs is 1. The Balaban J connectivity index is 2.10. The van der Waals surface area contributed by atoms with Gasteiger partial charge in [0.1, 0.15) is 21.3 Å². The van der Waals surface area contributed by atoms with Crippen molar-refractivity contribution >= 4 is 39.2 Å². The van der Waals surface area contributed by atoms with Crippen LogP contribution in [-0.4, -0.2) is 48.1 Å². The molecule has 2 aromatic rings. The van der Waals surface area contributed by atoms with Crippen molar-refractivity contribution in [1.82, 2.24) is 15.3 Å². The fraction of sp³-hybridized carbons (Fsp3) is 0.500. The summed E-state index contributed by atoms with van der Waals surface area (Å²) in [6.07, 6.45) is 0.429. The zero-order chi connectivity index (χ0) is 17.3. The zero-order valence-electron chi connectivity index (χ0n) is 14.0. The molecule has 2 aromatic heterocycles. The number of nitrogens with zero attached hydrogens (tertiary/aromatic N) is 3. The third-order valence-corrected chi connectivity index (χ3v) is 5.12. The first-order valence-corrected chi connectivity index (χ1v) is 8.79. The number of ether oxygens (including phenoxy) is 1. The van der Waals surface area contributed by atoms with E-state index < -0.39 is 0 Å². The second-order valence-corrected chi connectivity index (χ2v) is 6.64. The molecule has 1 fully saturated rings. The van der Waals surface area contributed by atoms with Crippen LogP contribution in [0.15, 0.2) is 0 Å². The highest BCUT2D eigenvalue weighted by atomic mass is 32.1. The molecular formula is C16H20N4O3S. The summed E-state index contributed by atoms with van der Waals surface area (Å²) in [6, 6.07) is 0. The molecule has 3 heterocycles. The van der Waals surface area contributed by atoms with E-state index in [9.17, 15) is 9.59 Å². The van der Waals surface area contributed by atoms with Gasteiger partial charge in [0.15, 0.2) is 0 Å². The van der Waals surface area contributed by atoms with Crippen LogP contribution in [0.1, 0.15) is 34.4 Å². The minimum absolute atomic E-state index is 0.0498. The molecule has 8 heteroatoms. The van der Waals surface area contributed by atoms with Crippen LogP contribution in [0, 0.1) is 13.8 Å². The molecule has 0 aliphatic carbocycles. The molecule has 1 N–H and O–H groups in total. The maximum atomic E-state index is 12.2. The molecule has 0 spiro atoms. The summed E-state index contributed by atoms with van der Waals surface area (Å²) in [7, 11) is 0. The summed E-state index contributed by atoms with van der Waals surface area (Å²) >= 11 is 1.34. The predicted molar refractivity (Wildman–Crippen MR) is 92.7 cm³/mol. The van der Waals surface area contributed by atoms with E-state index >= 15 is 0 Å². The third-order valence-electron chi connectivity index (χ3n) is 3.96. The minimum Gasteiger partial charge on any atom is -0.462 e. The van der Waals surface area contributed by atoms with E-state index in [2.05, 4.69) is 20.2 Å². The molecule has 1 amide bonds. The highest BCUT2D eigenvalue weighted by Gasteiger charge is 2.24. The molecule has 24 heavy (non-hydrogen) atoms. The highest BCUT2D eigenvalue weighted by molar-refractivity contribution is 7.20. The molecule has 3 rings (SSSR count). The topological polar surface area (TPSA) is 84.4 Å². The fourth-order valence-electron chi connectivity index (χ4n) is 2.82. The van der Waals surface area contributed by atoms with Crippen molar-refractivity contribution in [3.05, 3.63) is 16.3 Å². The normalized spacial score (nSPS) is 15.3. The van der Waals surface area contributed by atoms with Gasteiger partial charge in [-0.1, -0.05) is 0 Å². The van der Waals surface area contributed by atoms with Crippen molar-refractivity contribution in [2.45, 2.75) is 27.2 Å². The number of amides is 1. The summed E-state index contributed by atoms with van der Waals surface area (Å²) in [5.74, 6) is 1.17. The summed E-state index contributed by atoms with van der Waals surface area (Å²) < 4.78 is 5.14. The quantitative estimate of drug-likeness (QED) is 0.852. The van der Waals surface area contributed by atoms with Crippen LogP contribution < -0.4 is 10.2 Å². The van der Waals surface area contributed by atoms with Crippen molar-refractivity contribution < 1.29 is 14.3 Å². The SMILES string of the molecule is CCOC(=O)c1sc2nc(C)nc(N3CCNC(=O)CC3)c2c1C. The lowest BCUT2D eigenvalue weighted by Crippen LogP contribution is -2.29. The molecule has 0 radical (unpaired) electrons. The number of rotatable bonds is 3. The number of carbonyl (C=O) groups excluding carboxylic acids is 2. The van der Waals surface area contributed by atoms with Gasteiger partial charge >= 0.3 is 5.97 Å². The smallest absolute Gasteiger partial charge is 0.348 e. The average molecular weight is 348 g/mol. The minimum atomic E-state index is -0.325. The van der Waals surface area contributed by atoms with Gasteiger partial charge in [-0.2, -0.15) is 0 Å². The van der Waals surface area contributed by atoms with Crippen LogP contribution in [0.25, 0.3) is 10.2 Å². The van der Waals surface area contributed by atoms with Gasteiger partial charge in [0.2, 0.25) is 5.91 Å². The Morgan fingerprint density at radius 1 is 1.33 bits per heavy atom. The van der Waals surface area contributed by atoms with Gasteiger partial charge in [-0.15, -0.1) is 11.3 Å². The van der Waals surface area contributed by atoms with Gasteiger partial charge in [0.25, 0.3) is 0 Å². The molecule has 1 saturated heterocycles. The average Bonchev–Trinajstić information content (AvgIpc) is 2.72. The van der Waals surface area contributed by atoms with E-state index in [1.807, 2.05) is 13.8 Å². The first-order valence-electron chi connectivity index (χ1n) is 7.97. The van der Waals surface area contributed by atoms with Crippen LogP contribution >= 0.6 is 11.3 Å². The van der Waals surface area contributed by atoms with E-state index in [4.69, 9.17) is 4.74 Å². The second-order valence-electron chi connectivity index (χ2n) is 5.64. The molecule has 0 saturated carbocycles. The van der Waals surface area contributed by atoms with Crippen LogP contribution in [0.5, 0.6) is 0 Å². The monoisotopic (exact) mass is 348 g/mol. The number of carbonyl (C=O) groups is 2. The molecule has 128 valence electrons. The fourth-order valence-corrected chi connectivity index (χ4v) is 3.94. The number of anilines is 1. The highest BCUT2D eigenvalue weighted by Crippen LogP contribution is 2.36. The van der Waals surface area contributed by atoms with Gasteiger partial charge in [-0.05, 0) is 26.3 Å². The van der Waals surface area contributed by atoms with Crippen LogP contribution in [0.2, 0.25) is 0 Å². The largest absolute Gasteiger partial charge is 0.462 e. The lowest BCUT2D eigenvalue weighted by Gasteiger charge is -2.22. The second kappa shape index (κ2) is 6.72. The Bertz CT molecular complexity index is 802. The van der Waals surface area contributed by atoms with Gasteiger partial charge in [0.05, 0.1) is 12.0 Å². The molecule has 0 bridgehead atoms. The standard InChI is InChI=1S/C16H20N4O3S/c1-4-23-16(22)13-9(2)12-14(18-10(3)19-15(12)24-13)20-7-5-11(21)17-6-8-20/h4-8H2,1-3H3,(H,17,21). The lowest BCUT2D eigenvalue weighted by molar-refractivity contribution is -0.120. The van der Waals surface area contributed by atoms with Gasteiger partial charge in [-0.3, -0.25) is 4.79 Å². The van der Waals surface area contributed by atoms with Crippen LogP contribution in [-0.2, 0) is 9.53 Å². The summed E-state index contributed by atoms with van der Waals surface area (Å²) in [4.78, 5) is 36.3. The molecule has 1 aliphatic heterocycles. The number of nitrogens with one attached hydrogen (secondary N) is 1. The van der Waals surface area contributed by atoms with E-state index in [1.165, 1.54) is 11.3 Å². The van der Waals surface area contributed by atoms with Crippen molar-refractivity contribution in [3.8, 4) is 0 Å². The van der Waals surface area contributed by atoms with E-state index in [0.717, 1.165) is 21.6 Å². The molecular weight excluding hydrogens is 328 g/mol. The molecule has 0 atom stereocenters. The first kappa shape index (κ1) is 16.6. The van der Waals surface area contributed by atoms with Crippen molar-refractivity contribution in [2.75, 3.05) is 31.1 Å². The maximum absolute atomic E-state index is 12.2. The Morgan fingerprint density at radius 2 is 2.12 bits per heavy atom. The van der Waals surface area contributed by atoms with Crippen molar-refractivity contribution in [2.24, 2.45) is 0 Å². The van der Waals surface area contributed by atoms with E-state index in [-0.39, 0.29) is 11.9 Å². The Kier molecular flexibility index (Phi) is 4.66. The molecule has 0 aromatic carbocycles. The number of thiophene rings is 1. The Labute approximate surface area is 144 Å². The van der Waals surface area contributed by atoms with Crippen molar-refractivity contribution in [1.29, 1.82) is 0 Å². The van der Waals surface area contributed by atoms with Crippen LogP contribution in [0.4, 0.5) is 5.82 Å². The summed E-state index contributed by atoms with van der Waals surface area (Å²) in [6.45, 7) is 7.72. The van der Waals surface area contributed by atoms with Gasteiger partial charge in [-0.25, -0.2) is 14.8 Å². The zero-order valence-corrected chi connectivity index (χ0v) is 14.8. The molecule has 7 nitrogen and oxygen atoms in total. The predicted octanol–water partition coefficient (Wildman–Crippen LogP) is 1.81. The number of aryl methyl sites for hydroxylation is 2. The van der Waals surface area contributed by atoms with Crippen molar-refractivity contribution in [3.63, 3.8) is 0 Å². The maximum Gasteiger partial charge on any atom is 0.348 e.